The molecule has 0 aromatic rings. The van der Waals surface area contributed by atoms with Crippen molar-refractivity contribution in [1.82, 2.24) is 5.32 Å². The number of hydrogen-bond donors (Lipinski definition) is 2. The van der Waals surface area contributed by atoms with Gasteiger partial charge in [0, 0.05) is 18.3 Å². The van der Waals surface area contributed by atoms with Crippen LogP contribution in [0, 0.1) is 5.41 Å². The maximum Gasteiger partial charge on any atom is 0.220 e. The van der Waals surface area contributed by atoms with E-state index in [9.17, 15) is 9.90 Å². The largest absolute Gasteiger partial charge is 0.391 e. The van der Waals surface area contributed by atoms with Crippen LogP contribution in [0.15, 0.2) is 0 Å². The summed E-state index contributed by atoms with van der Waals surface area (Å²) in [6.45, 7) is 6.55. The summed E-state index contributed by atoms with van der Waals surface area (Å²) in [4.78, 5) is 11.1. The lowest BCUT2D eigenvalue weighted by Crippen LogP contribution is -2.34. The lowest BCUT2D eigenvalue weighted by atomic mass is 9.89. The zero-order valence-electron chi connectivity index (χ0n) is 9.14. The van der Waals surface area contributed by atoms with Crippen molar-refractivity contribution in [3.05, 3.63) is 0 Å². The first kappa shape index (κ1) is 13.9. The van der Waals surface area contributed by atoms with E-state index >= 15 is 0 Å². The summed E-state index contributed by atoms with van der Waals surface area (Å²) in [6.07, 6.45) is 0.707. The van der Waals surface area contributed by atoms with Gasteiger partial charge in [-0.1, -0.05) is 36.7 Å². The van der Waals surface area contributed by atoms with E-state index in [-0.39, 0.29) is 11.3 Å². The number of rotatable bonds is 5. The molecule has 0 radical (unpaired) electrons. The summed E-state index contributed by atoms with van der Waals surface area (Å²) in [6, 6.07) is 0. The number of hydrogen-bond acceptors (Lipinski definition) is 2. The smallest absolute Gasteiger partial charge is 0.220 e. The van der Waals surface area contributed by atoms with E-state index in [1.54, 1.807) is 0 Å². The van der Waals surface area contributed by atoms with E-state index in [1.165, 1.54) is 0 Å². The highest BCUT2D eigenvalue weighted by Gasteiger charge is 2.16. The van der Waals surface area contributed by atoms with Crippen molar-refractivity contribution in [2.24, 2.45) is 5.41 Å². The van der Waals surface area contributed by atoms with Gasteiger partial charge in [0.25, 0.3) is 0 Å². The molecule has 3 nitrogen and oxygen atoms in total. The number of carbonyl (C=O) groups excluding carboxylic acids is 1. The minimum atomic E-state index is -0.450. The van der Waals surface area contributed by atoms with Crippen LogP contribution in [0.1, 0.15) is 33.6 Å². The Kier molecular flexibility index (Phi) is 6.36. The second-order valence-corrected chi connectivity index (χ2v) is 5.45. The van der Waals surface area contributed by atoms with Crippen LogP contribution in [0.3, 0.4) is 0 Å². The Labute approximate surface area is 94.4 Å². The quantitative estimate of drug-likeness (QED) is 0.744. The first-order valence-corrected chi connectivity index (χ1v) is 5.98. The Morgan fingerprint density at radius 2 is 2.07 bits per heavy atom. The van der Waals surface area contributed by atoms with Crippen molar-refractivity contribution in [2.45, 2.75) is 39.7 Å². The molecule has 2 N–H and O–H groups in total. The molecule has 0 aliphatic rings. The number of halogens is 1. The third-order valence-corrected chi connectivity index (χ3v) is 2.10. The molecule has 1 atom stereocenters. The van der Waals surface area contributed by atoms with E-state index in [0.717, 1.165) is 0 Å². The molecule has 0 fully saturated rings. The summed E-state index contributed by atoms with van der Waals surface area (Å²) in [5.41, 5.74) is 0.0968. The molecule has 0 saturated carbocycles. The third kappa shape index (κ3) is 8.51. The van der Waals surface area contributed by atoms with Crippen molar-refractivity contribution < 1.29 is 9.90 Å². The first-order valence-electron chi connectivity index (χ1n) is 4.86. The van der Waals surface area contributed by atoms with E-state index in [1.807, 2.05) is 0 Å². The minimum Gasteiger partial charge on any atom is -0.391 e. The van der Waals surface area contributed by atoms with Crippen LogP contribution in [0.25, 0.3) is 0 Å². The minimum absolute atomic E-state index is 0.0187. The molecule has 0 saturated heterocycles. The molecule has 0 aliphatic heterocycles. The fraction of sp³-hybridized carbons (Fsp3) is 0.900. The zero-order chi connectivity index (χ0) is 11.2. The normalized spacial score (nSPS) is 13.8. The second-order valence-electron chi connectivity index (χ2n) is 4.66. The highest BCUT2D eigenvalue weighted by molar-refractivity contribution is 9.09. The van der Waals surface area contributed by atoms with Crippen LogP contribution in [0.4, 0.5) is 0 Å². The molecule has 0 aromatic heterocycles. The number of aliphatic hydroxyl groups excluding tert-OH is 1. The summed E-state index contributed by atoms with van der Waals surface area (Å²) >= 11 is 3.18. The number of carbonyl (C=O) groups is 1. The molecule has 0 heterocycles. The molecule has 0 bridgehead atoms. The molecular weight excluding hydrogens is 246 g/mol. The van der Waals surface area contributed by atoms with Gasteiger partial charge in [-0.2, -0.15) is 0 Å². The predicted molar refractivity (Wildman–Crippen MR) is 61.5 cm³/mol. The maximum absolute atomic E-state index is 11.1. The Bertz CT molecular complexity index is 177. The Morgan fingerprint density at radius 1 is 1.50 bits per heavy atom. The number of alkyl halides is 1. The molecule has 1 amide bonds. The van der Waals surface area contributed by atoms with Crippen molar-refractivity contribution in [3.8, 4) is 0 Å². The predicted octanol–water partition coefficient (Wildman–Crippen LogP) is 1.68. The molecular formula is C10H20BrNO2. The summed E-state index contributed by atoms with van der Waals surface area (Å²) in [5, 5.41) is 12.9. The summed E-state index contributed by atoms with van der Waals surface area (Å²) in [7, 11) is 0. The third-order valence-electron chi connectivity index (χ3n) is 1.70. The molecule has 0 aromatic carbocycles. The summed E-state index contributed by atoms with van der Waals surface area (Å²) < 4.78 is 0. The number of amides is 1. The van der Waals surface area contributed by atoms with Crippen LogP contribution in [-0.4, -0.2) is 29.0 Å². The van der Waals surface area contributed by atoms with E-state index < -0.39 is 6.10 Å². The highest BCUT2D eigenvalue weighted by atomic mass is 79.9. The molecule has 84 valence electrons. The number of nitrogens with one attached hydrogen (secondary N) is 1. The van der Waals surface area contributed by atoms with E-state index in [2.05, 4.69) is 42.0 Å². The Balaban J connectivity index is 3.63. The number of aliphatic hydroxyl groups is 1. The monoisotopic (exact) mass is 265 g/mol. The van der Waals surface area contributed by atoms with Crippen LogP contribution < -0.4 is 5.32 Å². The van der Waals surface area contributed by atoms with Gasteiger partial charge in [-0.25, -0.2) is 0 Å². The molecule has 0 spiro atoms. The zero-order valence-corrected chi connectivity index (χ0v) is 10.7. The lowest BCUT2D eigenvalue weighted by Gasteiger charge is -2.22. The van der Waals surface area contributed by atoms with Crippen LogP contribution in [-0.2, 0) is 4.79 Å². The Morgan fingerprint density at radius 3 is 2.50 bits per heavy atom. The van der Waals surface area contributed by atoms with Crippen molar-refractivity contribution in [3.63, 3.8) is 0 Å². The van der Waals surface area contributed by atoms with Gasteiger partial charge < -0.3 is 10.4 Å². The van der Waals surface area contributed by atoms with Crippen LogP contribution in [0.5, 0.6) is 0 Å². The first-order chi connectivity index (χ1) is 6.35. The molecule has 14 heavy (non-hydrogen) atoms. The van der Waals surface area contributed by atoms with E-state index in [4.69, 9.17) is 0 Å². The van der Waals surface area contributed by atoms with Crippen molar-refractivity contribution >= 4 is 21.8 Å². The van der Waals surface area contributed by atoms with Gasteiger partial charge in [0.15, 0.2) is 0 Å². The summed E-state index contributed by atoms with van der Waals surface area (Å²) in [5.74, 6) is -0.0187. The fourth-order valence-corrected chi connectivity index (χ4v) is 1.55. The van der Waals surface area contributed by atoms with Crippen LogP contribution >= 0.6 is 15.9 Å². The van der Waals surface area contributed by atoms with Crippen molar-refractivity contribution in [2.75, 3.05) is 11.9 Å². The second kappa shape index (κ2) is 6.40. The maximum atomic E-state index is 11.1. The topological polar surface area (TPSA) is 49.3 Å². The SMILES string of the molecule is CC(C)(C)CC(O)CNC(=O)CCBr. The van der Waals surface area contributed by atoms with Gasteiger partial charge in [-0.3, -0.25) is 4.79 Å². The molecule has 4 heteroatoms. The van der Waals surface area contributed by atoms with Gasteiger partial charge in [0.1, 0.15) is 0 Å². The van der Waals surface area contributed by atoms with Crippen molar-refractivity contribution in [1.29, 1.82) is 0 Å². The van der Waals surface area contributed by atoms with Gasteiger partial charge in [-0.15, -0.1) is 0 Å². The van der Waals surface area contributed by atoms with Crippen LogP contribution in [0.2, 0.25) is 0 Å². The average Bonchev–Trinajstić information content (AvgIpc) is 1.98. The Hall–Kier alpha value is -0.0900. The average molecular weight is 266 g/mol. The molecule has 0 rings (SSSR count). The molecule has 0 aliphatic carbocycles. The van der Waals surface area contributed by atoms with Gasteiger partial charge >= 0.3 is 0 Å². The van der Waals surface area contributed by atoms with E-state index in [0.29, 0.717) is 24.7 Å². The van der Waals surface area contributed by atoms with Gasteiger partial charge in [-0.05, 0) is 11.8 Å². The highest BCUT2D eigenvalue weighted by Crippen LogP contribution is 2.20. The standard InChI is InChI=1S/C10H20BrNO2/c1-10(2,3)6-8(13)7-12-9(14)4-5-11/h8,13H,4-7H2,1-3H3,(H,12,14). The van der Waals surface area contributed by atoms with Gasteiger partial charge in [0.05, 0.1) is 6.10 Å². The lowest BCUT2D eigenvalue weighted by molar-refractivity contribution is -0.121. The van der Waals surface area contributed by atoms with Gasteiger partial charge in [0.2, 0.25) is 5.91 Å². The molecule has 1 unspecified atom stereocenters. The fourth-order valence-electron chi connectivity index (χ4n) is 1.18.